The average Bonchev–Trinajstić information content (AvgIpc) is 2.37. The lowest BCUT2D eigenvalue weighted by Crippen LogP contribution is -2.37. The fourth-order valence-electron chi connectivity index (χ4n) is 1.47. The van der Waals surface area contributed by atoms with Crippen LogP contribution in [0.1, 0.15) is 19.3 Å². The van der Waals surface area contributed by atoms with Gasteiger partial charge in [-0.1, -0.05) is 11.5 Å². The van der Waals surface area contributed by atoms with Crippen LogP contribution in [0, 0.1) is 0 Å². The molecule has 0 aromatic rings. The first kappa shape index (κ1) is 8.67. The number of carboxylic acid groups (broad SMARTS) is 1. The van der Waals surface area contributed by atoms with Crippen LogP contribution in [0.4, 0.5) is 4.79 Å². The maximum absolute atomic E-state index is 10.3. The Hall–Kier alpha value is -1.42. The van der Waals surface area contributed by atoms with Crippen LogP contribution in [0.3, 0.4) is 0 Å². The highest BCUT2D eigenvalue weighted by atomic mass is 16.4. The van der Waals surface area contributed by atoms with Crippen molar-refractivity contribution in [3.8, 4) is 0 Å². The van der Waals surface area contributed by atoms with Crippen LogP contribution in [0.25, 0.3) is 10.4 Å². The Balaban J connectivity index is 2.51. The van der Waals surface area contributed by atoms with Crippen LogP contribution in [0.15, 0.2) is 5.11 Å². The number of hydrogen-bond donors (Lipinski definition) is 2. The van der Waals surface area contributed by atoms with Crippen LogP contribution in [-0.4, -0.2) is 23.3 Å². The summed E-state index contributed by atoms with van der Waals surface area (Å²) in [5.41, 5.74) is 8.16. The third kappa shape index (κ3) is 2.03. The zero-order valence-electron chi connectivity index (χ0n) is 6.47. The number of carbonyl (C=O) groups is 1. The zero-order chi connectivity index (χ0) is 8.97. The summed E-state index contributed by atoms with van der Waals surface area (Å²) in [5, 5.41) is 14.3. The molecule has 6 nitrogen and oxygen atoms in total. The van der Waals surface area contributed by atoms with Crippen molar-refractivity contribution in [3.63, 3.8) is 0 Å². The topological polar surface area (TPSA) is 98.1 Å². The van der Waals surface area contributed by atoms with E-state index >= 15 is 0 Å². The van der Waals surface area contributed by atoms with E-state index in [1.165, 1.54) is 0 Å². The molecule has 0 spiro atoms. The van der Waals surface area contributed by atoms with Crippen LogP contribution >= 0.6 is 0 Å². The van der Waals surface area contributed by atoms with Crippen molar-refractivity contribution < 1.29 is 9.90 Å². The summed E-state index contributed by atoms with van der Waals surface area (Å²) < 4.78 is 0. The Morgan fingerprint density at radius 3 is 3.00 bits per heavy atom. The van der Waals surface area contributed by atoms with E-state index in [2.05, 4.69) is 15.3 Å². The van der Waals surface area contributed by atoms with Crippen molar-refractivity contribution in [3.05, 3.63) is 10.4 Å². The van der Waals surface area contributed by atoms with Crippen molar-refractivity contribution in [2.75, 3.05) is 0 Å². The molecule has 0 bridgehead atoms. The van der Waals surface area contributed by atoms with Crippen LogP contribution in [0.2, 0.25) is 0 Å². The molecule has 0 aromatic heterocycles. The molecule has 6 heteroatoms. The highest BCUT2D eigenvalue weighted by Crippen LogP contribution is 2.21. The van der Waals surface area contributed by atoms with Crippen molar-refractivity contribution in [2.45, 2.75) is 31.3 Å². The van der Waals surface area contributed by atoms with Gasteiger partial charge in [-0.2, -0.15) is 0 Å². The first-order chi connectivity index (χ1) is 5.74. The van der Waals surface area contributed by atoms with Crippen LogP contribution in [0.5, 0.6) is 0 Å². The summed E-state index contributed by atoms with van der Waals surface area (Å²) in [6.45, 7) is 0. The van der Waals surface area contributed by atoms with Crippen molar-refractivity contribution in [1.29, 1.82) is 0 Å². The molecule has 2 atom stereocenters. The lowest BCUT2D eigenvalue weighted by molar-refractivity contribution is 0.189. The second kappa shape index (κ2) is 3.82. The molecule has 1 aliphatic carbocycles. The fraction of sp³-hybridized carbons (Fsp3) is 0.833. The molecule has 0 radical (unpaired) electrons. The summed E-state index contributed by atoms with van der Waals surface area (Å²) in [7, 11) is 0. The lowest BCUT2D eigenvalue weighted by Gasteiger charge is -2.13. The van der Waals surface area contributed by atoms with Gasteiger partial charge < -0.3 is 10.4 Å². The molecule has 1 amide bonds. The zero-order valence-corrected chi connectivity index (χ0v) is 6.47. The largest absolute Gasteiger partial charge is 0.465 e. The Labute approximate surface area is 69.2 Å². The van der Waals surface area contributed by atoms with Crippen LogP contribution < -0.4 is 5.32 Å². The van der Waals surface area contributed by atoms with Crippen molar-refractivity contribution >= 4 is 6.09 Å². The standard InChI is InChI=1S/C6H10N4O2/c7-10-9-5-3-1-2-4(5)8-6(11)12/h4-5,8H,1-3H2,(H,11,12)/t4-,5+/m0/s1. The molecule has 0 aliphatic heterocycles. The predicted octanol–water partition coefficient (Wildman–Crippen LogP) is 1.49. The molecule has 2 N–H and O–H groups in total. The predicted molar refractivity (Wildman–Crippen MR) is 41.7 cm³/mol. The summed E-state index contributed by atoms with van der Waals surface area (Å²) in [5.74, 6) is 0. The summed E-state index contributed by atoms with van der Waals surface area (Å²) >= 11 is 0. The Kier molecular flexibility index (Phi) is 2.76. The van der Waals surface area contributed by atoms with E-state index in [0.717, 1.165) is 19.3 Å². The van der Waals surface area contributed by atoms with Gasteiger partial charge in [-0.25, -0.2) is 4.79 Å². The van der Waals surface area contributed by atoms with Gasteiger partial charge in [0.05, 0.1) is 6.04 Å². The Morgan fingerprint density at radius 2 is 2.42 bits per heavy atom. The third-order valence-electron chi connectivity index (χ3n) is 1.99. The number of amides is 1. The monoisotopic (exact) mass is 170 g/mol. The molecular formula is C6H10N4O2. The lowest BCUT2D eigenvalue weighted by atomic mass is 10.2. The van der Waals surface area contributed by atoms with E-state index in [1.54, 1.807) is 0 Å². The van der Waals surface area contributed by atoms with Gasteiger partial charge in [-0.3, -0.25) is 0 Å². The number of hydrogen-bond acceptors (Lipinski definition) is 2. The van der Waals surface area contributed by atoms with Gasteiger partial charge in [-0.15, -0.1) is 0 Å². The second-order valence-electron chi connectivity index (χ2n) is 2.76. The highest BCUT2D eigenvalue weighted by Gasteiger charge is 2.27. The van der Waals surface area contributed by atoms with Crippen molar-refractivity contribution in [2.24, 2.45) is 5.11 Å². The Bertz CT molecular complexity index is 224. The molecule has 1 fully saturated rings. The molecule has 66 valence electrons. The minimum atomic E-state index is -1.06. The van der Waals surface area contributed by atoms with Crippen LogP contribution in [-0.2, 0) is 0 Å². The van der Waals surface area contributed by atoms with E-state index < -0.39 is 6.09 Å². The second-order valence-corrected chi connectivity index (χ2v) is 2.76. The maximum atomic E-state index is 10.3. The summed E-state index contributed by atoms with van der Waals surface area (Å²) in [6.07, 6.45) is 1.39. The smallest absolute Gasteiger partial charge is 0.404 e. The molecule has 1 rings (SSSR count). The molecule has 0 aromatic carbocycles. The Morgan fingerprint density at radius 1 is 1.67 bits per heavy atom. The minimum Gasteiger partial charge on any atom is -0.465 e. The summed E-state index contributed by atoms with van der Waals surface area (Å²) in [4.78, 5) is 12.9. The van der Waals surface area contributed by atoms with Crippen molar-refractivity contribution in [1.82, 2.24) is 5.32 Å². The molecule has 0 saturated heterocycles. The van der Waals surface area contributed by atoms with E-state index in [4.69, 9.17) is 10.6 Å². The van der Waals surface area contributed by atoms with Gasteiger partial charge in [-0.05, 0) is 18.4 Å². The highest BCUT2D eigenvalue weighted by molar-refractivity contribution is 5.65. The molecule has 1 aliphatic rings. The fourth-order valence-corrected chi connectivity index (χ4v) is 1.47. The first-order valence-corrected chi connectivity index (χ1v) is 3.77. The van der Waals surface area contributed by atoms with E-state index in [1.807, 2.05) is 0 Å². The van der Waals surface area contributed by atoms with Gasteiger partial charge in [0.2, 0.25) is 0 Å². The van der Waals surface area contributed by atoms with E-state index in [9.17, 15) is 4.79 Å². The van der Waals surface area contributed by atoms with E-state index in [0.29, 0.717) is 0 Å². The number of nitrogens with one attached hydrogen (secondary N) is 1. The molecule has 12 heavy (non-hydrogen) atoms. The maximum Gasteiger partial charge on any atom is 0.404 e. The normalized spacial score (nSPS) is 27.7. The number of nitrogens with zero attached hydrogens (tertiary/aromatic N) is 3. The first-order valence-electron chi connectivity index (χ1n) is 3.77. The van der Waals surface area contributed by atoms with Gasteiger partial charge in [0.1, 0.15) is 0 Å². The average molecular weight is 170 g/mol. The number of azide groups is 1. The third-order valence-corrected chi connectivity index (χ3v) is 1.99. The van der Waals surface area contributed by atoms with Gasteiger partial charge >= 0.3 is 6.09 Å². The van der Waals surface area contributed by atoms with Gasteiger partial charge in [0.15, 0.2) is 0 Å². The molecular weight excluding hydrogens is 160 g/mol. The quantitative estimate of drug-likeness (QED) is 0.372. The minimum absolute atomic E-state index is 0.196. The molecule has 0 heterocycles. The van der Waals surface area contributed by atoms with E-state index in [-0.39, 0.29) is 12.1 Å². The number of rotatable bonds is 2. The molecule has 0 unspecified atom stereocenters. The summed E-state index contributed by atoms with van der Waals surface area (Å²) in [6, 6.07) is -0.399. The van der Waals surface area contributed by atoms with Gasteiger partial charge in [0, 0.05) is 11.0 Å². The molecule has 1 saturated carbocycles. The van der Waals surface area contributed by atoms with Gasteiger partial charge in [0.25, 0.3) is 0 Å². The SMILES string of the molecule is [N-]=[N+]=N[C@@H]1CCC[C@@H]1NC(=O)O.